The maximum absolute atomic E-state index is 9.84. The first kappa shape index (κ1) is 11.0. The van der Waals surface area contributed by atoms with Crippen LogP contribution in [0.5, 0.6) is 0 Å². The van der Waals surface area contributed by atoms with Gasteiger partial charge in [-0.15, -0.1) is 5.10 Å². The molecular formula is C11H13N3OS. The molecule has 4 nitrogen and oxygen atoms in total. The van der Waals surface area contributed by atoms with Crippen molar-refractivity contribution in [2.75, 3.05) is 11.9 Å². The van der Waals surface area contributed by atoms with E-state index in [0.717, 1.165) is 11.1 Å². The van der Waals surface area contributed by atoms with E-state index < -0.39 is 6.10 Å². The van der Waals surface area contributed by atoms with Gasteiger partial charge >= 0.3 is 0 Å². The molecule has 0 amide bonds. The number of rotatable bonds is 4. The fourth-order valence-corrected chi connectivity index (χ4v) is 2.04. The smallest absolute Gasteiger partial charge is 0.149 e. The molecule has 2 aromatic rings. The van der Waals surface area contributed by atoms with Crippen LogP contribution in [0.15, 0.2) is 29.1 Å². The van der Waals surface area contributed by atoms with Gasteiger partial charge in [0.05, 0.1) is 12.3 Å². The highest BCUT2D eigenvalue weighted by molar-refractivity contribution is 7.07. The summed E-state index contributed by atoms with van der Waals surface area (Å²) in [5, 5.41) is 24.5. The molecule has 0 saturated carbocycles. The first-order valence-electron chi connectivity index (χ1n) is 4.99. The van der Waals surface area contributed by atoms with Crippen LogP contribution in [0.2, 0.25) is 0 Å². The largest absolute Gasteiger partial charge is 0.387 e. The molecular weight excluding hydrogens is 222 g/mol. The van der Waals surface area contributed by atoms with Crippen molar-refractivity contribution in [1.29, 1.82) is 0 Å². The summed E-state index contributed by atoms with van der Waals surface area (Å²) in [6.45, 7) is 2.39. The summed E-state index contributed by atoms with van der Waals surface area (Å²) in [6.07, 6.45) is 1.19. The minimum absolute atomic E-state index is 0.439. The number of nitrogens with zero attached hydrogens (tertiary/aromatic N) is 2. The quantitative estimate of drug-likeness (QED) is 0.851. The Morgan fingerprint density at radius 1 is 1.56 bits per heavy atom. The molecule has 2 aromatic heterocycles. The van der Waals surface area contributed by atoms with Gasteiger partial charge in [-0.2, -0.15) is 16.4 Å². The number of aliphatic hydroxyl groups is 1. The van der Waals surface area contributed by atoms with Crippen molar-refractivity contribution < 1.29 is 5.11 Å². The van der Waals surface area contributed by atoms with Gasteiger partial charge in [0.25, 0.3) is 0 Å². The summed E-state index contributed by atoms with van der Waals surface area (Å²) in [5.41, 5.74) is 1.97. The predicted molar refractivity (Wildman–Crippen MR) is 64.5 cm³/mol. The number of nitrogens with one attached hydrogen (secondary N) is 1. The van der Waals surface area contributed by atoms with Crippen molar-refractivity contribution in [3.05, 3.63) is 40.2 Å². The highest BCUT2D eigenvalue weighted by Gasteiger charge is 2.07. The van der Waals surface area contributed by atoms with Gasteiger partial charge in [-0.25, -0.2) is 0 Å². The van der Waals surface area contributed by atoms with Crippen molar-refractivity contribution in [3.63, 3.8) is 0 Å². The van der Waals surface area contributed by atoms with E-state index in [1.807, 2.05) is 29.8 Å². The number of hydrogen-bond donors (Lipinski definition) is 2. The lowest BCUT2D eigenvalue weighted by molar-refractivity contribution is 0.192. The van der Waals surface area contributed by atoms with Crippen LogP contribution in [0.3, 0.4) is 0 Å². The third-order valence-electron chi connectivity index (χ3n) is 2.20. The number of aliphatic hydroxyl groups excluding tert-OH is 1. The lowest BCUT2D eigenvalue weighted by Gasteiger charge is -2.10. The van der Waals surface area contributed by atoms with E-state index in [1.165, 1.54) is 0 Å². The maximum atomic E-state index is 9.84. The average Bonchev–Trinajstić information content (AvgIpc) is 2.79. The Kier molecular flexibility index (Phi) is 3.48. The molecule has 2 N–H and O–H groups in total. The lowest BCUT2D eigenvalue weighted by atomic mass is 10.2. The molecule has 2 heterocycles. The molecule has 0 aliphatic carbocycles. The van der Waals surface area contributed by atoms with E-state index in [0.29, 0.717) is 12.4 Å². The van der Waals surface area contributed by atoms with Crippen molar-refractivity contribution >= 4 is 17.2 Å². The fourth-order valence-electron chi connectivity index (χ4n) is 1.33. The number of thiophene rings is 1. The van der Waals surface area contributed by atoms with E-state index in [2.05, 4.69) is 15.5 Å². The summed E-state index contributed by atoms with van der Waals surface area (Å²) in [4.78, 5) is 0. The van der Waals surface area contributed by atoms with Crippen LogP contribution in [0.25, 0.3) is 0 Å². The minimum atomic E-state index is -0.506. The SMILES string of the molecule is Cc1cnnc(NCC(O)c2ccsc2)c1. The zero-order valence-corrected chi connectivity index (χ0v) is 9.74. The summed E-state index contributed by atoms with van der Waals surface area (Å²) >= 11 is 1.58. The van der Waals surface area contributed by atoms with E-state index in [9.17, 15) is 5.11 Å². The number of aryl methyl sites for hydroxylation is 1. The molecule has 16 heavy (non-hydrogen) atoms. The molecule has 0 aliphatic rings. The van der Waals surface area contributed by atoms with Crippen molar-refractivity contribution in [2.24, 2.45) is 0 Å². The molecule has 0 saturated heterocycles. The van der Waals surface area contributed by atoms with E-state index >= 15 is 0 Å². The van der Waals surface area contributed by atoms with Gasteiger partial charge < -0.3 is 10.4 Å². The zero-order valence-electron chi connectivity index (χ0n) is 8.92. The summed E-state index contributed by atoms with van der Waals surface area (Å²) < 4.78 is 0. The molecule has 84 valence electrons. The molecule has 0 bridgehead atoms. The van der Waals surface area contributed by atoms with Crippen molar-refractivity contribution in [3.8, 4) is 0 Å². The molecule has 1 unspecified atom stereocenters. The second-order valence-electron chi connectivity index (χ2n) is 3.57. The molecule has 0 fully saturated rings. The Balaban J connectivity index is 1.92. The normalized spacial score (nSPS) is 12.4. The standard InChI is InChI=1S/C11H13N3OS/c1-8-4-11(14-13-5-8)12-6-10(15)9-2-3-16-7-9/h2-5,7,10,15H,6H2,1H3,(H,12,14). The van der Waals surface area contributed by atoms with Gasteiger partial charge in [0.2, 0.25) is 0 Å². The van der Waals surface area contributed by atoms with Gasteiger partial charge in [-0.3, -0.25) is 0 Å². The lowest BCUT2D eigenvalue weighted by Crippen LogP contribution is -2.12. The zero-order chi connectivity index (χ0) is 11.4. The van der Waals surface area contributed by atoms with Crippen LogP contribution < -0.4 is 5.32 Å². The van der Waals surface area contributed by atoms with E-state index in [1.54, 1.807) is 17.5 Å². The second-order valence-corrected chi connectivity index (χ2v) is 4.35. The van der Waals surface area contributed by atoms with Gasteiger partial charge in [0, 0.05) is 6.54 Å². The molecule has 2 rings (SSSR count). The Labute approximate surface area is 98.0 Å². The molecule has 0 aliphatic heterocycles. The van der Waals surface area contributed by atoms with Crippen LogP contribution in [0, 0.1) is 6.92 Å². The summed E-state index contributed by atoms with van der Waals surface area (Å²) in [5.74, 6) is 0.689. The Bertz CT molecular complexity index is 444. The van der Waals surface area contributed by atoms with E-state index in [4.69, 9.17) is 0 Å². The first-order valence-corrected chi connectivity index (χ1v) is 5.93. The van der Waals surface area contributed by atoms with Crippen LogP contribution in [0.4, 0.5) is 5.82 Å². The second kappa shape index (κ2) is 5.05. The molecule has 0 aromatic carbocycles. The molecule has 5 heteroatoms. The number of hydrogen-bond acceptors (Lipinski definition) is 5. The van der Waals surface area contributed by atoms with E-state index in [-0.39, 0.29) is 0 Å². The minimum Gasteiger partial charge on any atom is -0.387 e. The Morgan fingerprint density at radius 3 is 3.12 bits per heavy atom. The third kappa shape index (κ3) is 2.77. The van der Waals surface area contributed by atoms with Crippen LogP contribution in [-0.2, 0) is 0 Å². The fraction of sp³-hybridized carbons (Fsp3) is 0.273. The summed E-state index contributed by atoms with van der Waals surface area (Å²) in [7, 11) is 0. The van der Waals surface area contributed by atoms with Crippen molar-refractivity contribution in [1.82, 2.24) is 10.2 Å². The average molecular weight is 235 g/mol. The summed E-state index contributed by atoms with van der Waals surface area (Å²) in [6, 6.07) is 3.81. The molecule has 0 spiro atoms. The maximum Gasteiger partial charge on any atom is 0.149 e. The van der Waals surface area contributed by atoms with Crippen LogP contribution in [0.1, 0.15) is 17.2 Å². The van der Waals surface area contributed by atoms with Gasteiger partial charge in [-0.05, 0) is 40.9 Å². The first-order chi connectivity index (χ1) is 7.75. The third-order valence-corrected chi connectivity index (χ3v) is 2.90. The predicted octanol–water partition coefficient (Wildman–Crippen LogP) is 1.99. The topological polar surface area (TPSA) is 58.0 Å². The molecule has 1 atom stereocenters. The molecule has 0 radical (unpaired) electrons. The van der Waals surface area contributed by atoms with Gasteiger partial charge in [0.1, 0.15) is 5.82 Å². The Hall–Kier alpha value is -1.46. The van der Waals surface area contributed by atoms with Gasteiger partial charge in [0.15, 0.2) is 0 Å². The number of anilines is 1. The van der Waals surface area contributed by atoms with Gasteiger partial charge in [-0.1, -0.05) is 0 Å². The monoisotopic (exact) mass is 235 g/mol. The Morgan fingerprint density at radius 2 is 2.44 bits per heavy atom. The highest BCUT2D eigenvalue weighted by atomic mass is 32.1. The highest BCUT2D eigenvalue weighted by Crippen LogP contribution is 2.16. The van der Waals surface area contributed by atoms with Crippen LogP contribution in [-0.4, -0.2) is 21.8 Å². The number of aromatic nitrogens is 2. The van der Waals surface area contributed by atoms with Crippen LogP contribution >= 0.6 is 11.3 Å². The van der Waals surface area contributed by atoms with Crippen molar-refractivity contribution in [2.45, 2.75) is 13.0 Å².